The molecule has 0 amide bonds. The van der Waals surface area contributed by atoms with Crippen molar-refractivity contribution in [2.24, 2.45) is 53.3 Å². The molecule has 14 atom stereocenters. The summed E-state index contributed by atoms with van der Waals surface area (Å²) in [6, 6.07) is 8.02. The lowest BCUT2D eigenvalue weighted by molar-refractivity contribution is 0.120. The van der Waals surface area contributed by atoms with Gasteiger partial charge in [-0.15, -0.1) is 0 Å². The van der Waals surface area contributed by atoms with Gasteiger partial charge in [0.1, 0.15) is 0 Å². The number of thioether (sulfide) groups is 1. The zero-order valence-corrected chi connectivity index (χ0v) is 32.4. The molecule has 2 heteroatoms. The van der Waals surface area contributed by atoms with Gasteiger partial charge < -0.3 is 0 Å². The third-order valence-electron chi connectivity index (χ3n) is 15.6. The maximum atomic E-state index is 2.96. The lowest BCUT2D eigenvalue weighted by atomic mass is 9.61. The second-order valence-corrected chi connectivity index (χ2v) is 26.7. The number of fused-ring (bicyclic) bond motifs is 5. The van der Waals surface area contributed by atoms with E-state index in [1.165, 1.54) is 44.9 Å². The average molecular weight is 633 g/mol. The van der Waals surface area contributed by atoms with Crippen LogP contribution >= 0.6 is 11.8 Å². The van der Waals surface area contributed by atoms with E-state index < -0.39 is 8.07 Å². The van der Waals surface area contributed by atoms with E-state index in [1.54, 1.807) is 29.5 Å². The lowest BCUT2D eigenvalue weighted by Gasteiger charge is -2.51. The fourth-order valence-electron chi connectivity index (χ4n) is 13.7. The molecule has 0 bridgehead atoms. The van der Waals surface area contributed by atoms with E-state index in [2.05, 4.69) is 105 Å². The summed E-state index contributed by atoms with van der Waals surface area (Å²) in [6.45, 7) is 28.7. The van der Waals surface area contributed by atoms with E-state index in [1.807, 2.05) is 0 Å². The normalized spacial score (nSPS) is 45.6. The van der Waals surface area contributed by atoms with Crippen LogP contribution < -0.4 is 0 Å². The monoisotopic (exact) mass is 632 g/mol. The Morgan fingerprint density at radius 3 is 1.95 bits per heavy atom. The van der Waals surface area contributed by atoms with Crippen LogP contribution in [0.2, 0.25) is 24.2 Å². The van der Waals surface area contributed by atoms with Crippen LogP contribution in [0.1, 0.15) is 143 Å². The molecular weight excluding hydrogens is 565 g/mol. The fourth-order valence-corrected chi connectivity index (χ4v) is 22.8. The summed E-state index contributed by atoms with van der Waals surface area (Å²) in [7, 11) is -1.55. The number of hydrogen-bond acceptors (Lipinski definition) is 1. The van der Waals surface area contributed by atoms with Crippen molar-refractivity contribution in [3.8, 4) is 0 Å². The first kappa shape index (κ1) is 32.3. The largest absolute Gasteiger partial charge is 0.154 e. The van der Waals surface area contributed by atoms with Gasteiger partial charge in [-0.1, -0.05) is 119 Å². The van der Waals surface area contributed by atoms with Crippen LogP contribution in [-0.2, 0) is 10.8 Å². The lowest BCUT2D eigenvalue weighted by Crippen LogP contribution is -2.49. The van der Waals surface area contributed by atoms with Gasteiger partial charge in [0, 0.05) is 10.5 Å². The van der Waals surface area contributed by atoms with E-state index in [-0.39, 0.29) is 10.8 Å². The molecule has 0 aromatic heterocycles. The molecule has 1 aromatic carbocycles. The number of hydrogen-bond donors (Lipinski definition) is 0. The van der Waals surface area contributed by atoms with Gasteiger partial charge in [-0.05, 0) is 130 Å². The van der Waals surface area contributed by atoms with Crippen molar-refractivity contribution in [2.45, 2.75) is 172 Å². The minimum Gasteiger partial charge on any atom is -0.154 e. The average Bonchev–Trinajstić information content (AvgIpc) is 3.69. The molecule has 1 aromatic rings. The highest BCUT2D eigenvalue weighted by molar-refractivity contribution is 8.00. The van der Waals surface area contributed by atoms with E-state index in [0.717, 1.165) is 80.8 Å². The van der Waals surface area contributed by atoms with Crippen molar-refractivity contribution >= 4 is 19.8 Å². The van der Waals surface area contributed by atoms with Gasteiger partial charge in [0.15, 0.2) is 0 Å². The Morgan fingerprint density at radius 1 is 0.659 bits per heavy atom. The summed E-state index contributed by atoms with van der Waals surface area (Å²) < 4.78 is 0. The van der Waals surface area contributed by atoms with E-state index >= 15 is 0 Å². The van der Waals surface area contributed by atoms with Crippen LogP contribution in [-0.4, -0.2) is 18.6 Å². The van der Waals surface area contributed by atoms with E-state index in [9.17, 15) is 0 Å². The molecule has 0 N–H and O–H groups in total. The van der Waals surface area contributed by atoms with Crippen molar-refractivity contribution in [3.63, 3.8) is 0 Å². The molecule has 1 heterocycles. The predicted octanol–water partition coefficient (Wildman–Crippen LogP) is 12.5. The number of rotatable bonds is 3. The van der Waals surface area contributed by atoms with Crippen LogP contribution in [0.15, 0.2) is 18.2 Å². The molecule has 5 aliphatic carbocycles. The molecule has 0 spiro atoms. The maximum Gasteiger partial charge on any atom is 0.0547 e. The first-order valence-corrected chi connectivity index (χ1v) is 23.5. The Hall–Kier alpha value is -0.213. The Bertz CT molecular complexity index is 1180. The summed E-state index contributed by atoms with van der Waals surface area (Å²) in [4.78, 5) is 0. The molecule has 0 radical (unpaired) electrons. The zero-order chi connectivity index (χ0) is 31.5. The third-order valence-corrected chi connectivity index (χ3v) is 22.9. The first-order chi connectivity index (χ1) is 20.6. The quantitative estimate of drug-likeness (QED) is 0.299. The molecule has 6 fully saturated rings. The number of benzene rings is 1. The Morgan fingerprint density at radius 2 is 1.30 bits per heavy atom. The summed E-state index contributed by atoms with van der Waals surface area (Å²) in [5.74, 6) is 9.45. The van der Waals surface area contributed by atoms with Gasteiger partial charge in [0.05, 0.1) is 8.07 Å². The SMILES string of the molecule is CC1CC2C(CC3CCCC3C2c2cc(C(C)(C)C)cc(C(C)(C)C)c2)C1[Si](C)(C)C1C(C)C(C)C2SC3CCCCC3C21. The molecule has 7 rings (SSSR count). The van der Waals surface area contributed by atoms with Crippen molar-refractivity contribution < 1.29 is 0 Å². The Labute approximate surface area is 278 Å². The van der Waals surface area contributed by atoms with Crippen LogP contribution in [0, 0.1) is 53.3 Å². The van der Waals surface area contributed by atoms with Gasteiger partial charge in [0.2, 0.25) is 0 Å². The van der Waals surface area contributed by atoms with E-state index in [0.29, 0.717) is 0 Å². The van der Waals surface area contributed by atoms with Crippen LogP contribution in [0.3, 0.4) is 0 Å². The highest BCUT2D eigenvalue weighted by Gasteiger charge is 2.65. The first-order valence-electron chi connectivity index (χ1n) is 19.4. The second kappa shape index (κ2) is 11.2. The molecule has 44 heavy (non-hydrogen) atoms. The van der Waals surface area contributed by atoms with Gasteiger partial charge >= 0.3 is 0 Å². The van der Waals surface area contributed by atoms with Gasteiger partial charge in [-0.3, -0.25) is 0 Å². The van der Waals surface area contributed by atoms with Gasteiger partial charge in [0.25, 0.3) is 0 Å². The summed E-state index contributed by atoms with van der Waals surface area (Å²) in [5, 5.41) is 1.97. The van der Waals surface area contributed by atoms with Crippen LogP contribution in [0.5, 0.6) is 0 Å². The summed E-state index contributed by atoms with van der Waals surface area (Å²) >= 11 is 2.50. The Kier molecular flexibility index (Phi) is 8.21. The van der Waals surface area contributed by atoms with Crippen LogP contribution in [0.25, 0.3) is 0 Å². The molecule has 1 saturated heterocycles. The molecular formula is C42H68SSi. The molecule has 6 aliphatic rings. The predicted molar refractivity (Wildman–Crippen MR) is 197 cm³/mol. The van der Waals surface area contributed by atoms with Crippen molar-refractivity contribution in [2.75, 3.05) is 0 Å². The maximum absolute atomic E-state index is 2.96. The van der Waals surface area contributed by atoms with Gasteiger partial charge in [-0.25, -0.2) is 0 Å². The molecule has 1 aliphatic heterocycles. The fraction of sp³-hybridized carbons (Fsp3) is 0.857. The highest BCUT2D eigenvalue weighted by Crippen LogP contribution is 2.71. The minimum atomic E-state index is -1.55. The Balaban J connectivity index is 1.27. The molecule has 5 saturated carbocycles. The zero-order valence-electron chi connectivity index (χ0n) is 30.6. The smallest absolute Gasteiger partial charge is 0.0547 e. The molecule has 14 unspecified atom stereocenters. The van der Waals surface area contributed by atoms with Gasteiger partial charge in [-0.2, -0.15) is 11.8 Å². The third kappa shape index (κ3) is 5.10. The highest BCUT2D eigenvalue weighted by atomic mass is 32.2. The van der Waals surface area contributed by atoms with E-state index in [4.69, 9.17) is 0 Å². The summed E-state index contributed by atoms with van der Waals surface area (Å²) in [6.07, 6.45) is 13.7. The molecule has 0 nitrogen and oxygen atoms in total. The minimum absolute atomic E-state index is 0.196. The molecule has 246 valence electrons. The van der Waals surface area contributed by atoms with Crippen LogP contribution in [0.4, 0.5) is 0 Å². The van der Waals surface area contributed by atoms with Crippen molar-refractivity contribution in [1.82, 2.24) is 0 Å². The standard InChI is InChI=1S/C42H68SSi/c1-24-19-33-34(39(24)44(10,11)40-26(3)25(2)38-37(40)32-16-12-13-18-35(32)43-38)22-27-15-14-17-31(27)36(33)28-20-29(41(4,5)6)23-30(21-28)42(7,8)9/h20-21,23-27,31-40H,12-19,22H2,1-11H3. The second-order valence-electron chi connectivity index (χ2n) is 20.3. The topological polar surface area (TPSA) is 0 Å². The summed E-state index contributed by atoms with van der Waals surface area (Å²) in [5.41, 5.74) is 7.37. The van der Waals surface area contributed by atoms with Crippen molar-refractivity contribution in [3.05, 3.63) is 34.9 Å². The van der Waals surface area contributed by atoms with Crippen molar-refractivity contribution in [1.29, 1.82) is 0 Å².